The van der Waals surface area contributed by atoms with E-state index in [2.05, 4.69) is 16.0 Å². The zero-order chi connectivity index (χ0) is 32.4. The van der Waals surface area contributed by atoms with Gasteiger partial charge < -0.3 is 41.7 Å². The van der Waals surface area contributed by atoms with Crippen molar-refractivity contribution in [3.05, 3.63) is 71.3 Å². The fraction of sp³-hybridized carbons (Fsp3) is 0.333. The Hall–Kier alpha value is -5.10. The number of ether oxygens (including phenoxy) is 1. The summed E-state index contributed by atoms with van der Waals surface area (Å²) in [7, 11) is 0. The van der Waals surface area contributed by atoms with Crippen molar-refractivity contribution in [2.75, 3.05) is 0 Å². The number of phenols is 2. The average Bonchev–Trinajstić information content (AvgIpc) is 3.01. The number of benzene rings is 3. The fourth-order valence-electron chi connectivity index (χ4n) is 5.54. The topological polar surface area (TPSA) is 200 Å². The third-order valence-electron chi connectivity index (χ3n) is 8.35. The Labute approximate surface area is 259 Å². The first kappa shape index (κ1) is 31.3. The van der Waals surface area contributed by atoms with E-state index in [-0.39, 0.29) is 53.6 Å². The summed E-state index contributed by atoms with van der Waals surface area (Å²) in [4.78, 5) is 52.9. The summed E-state index contributed by atoms with van der Waals surface area (Å²) in [6.07, 6.45) is 0.396. The molecule has 3 aliphatic heterocycles. The van der Waals surface area contributed by atoms with Crippen molar-refractivity contribution in [1.29, 1.82) is 0 Å². The van der Waals surface area contributed by atoms with Crippen LogP contribution in [0, 0.1) is 5.92 Å². The smallest absolute Gasteiger partial charge is 0.326 e. The van der Waals surface area contributed by atoms with Crippen LogP contribution in [0.3, 0.4) is 0 Å². The molecule has 45 heavy (non-hydrogen) atoms. The predicted octanol–water partition coefficient (Wildman–Crippen LogP) is 2.12. The molecule has 3 aromatic rings. The van der Waals surface area contributed by atoms with Crippen molar-refractivity contribution in [2.24, 2.45) is 11.7 Å². The van der Waals surface area contributed by atoms with Crippen molar-refractivity contribution in [3.8, 4) is 34.1 Å². The molecule has 0 radical (unpaired) electrons. The van der Waals surface area contributed by atoms with E-state index < -0.39 is 47.9 Å². The molecule has 6 rings (SSSR count). The number of carboxylic acids is 1. The minimum Gasteiger partial charge on any atom is -0.507 e. The Kier molecular flexibility index (Phi) is 8.96. The van der Waals surface area contributed by atoms with Crippen LogP contribution in [0.1, 0.15) is 37.0 Å². The molecule has 8 bridgehead atoms. The molecule has 0 saturated carbocycles. The molecule has 0 aromatic heterocycles. The Morgan fingerprint density at radius 3 is 2.24 bits per heavy atom. The maximum absolute atomic E-state index is 13.7. The molecule has 8 N–H and O–H groups in total. The summed E-state index contributed by atoms with van der Waals surface area (Å²) in [6.45, 7) is 3.64. The van der Waals surface area contributed by atoms with Crippen molar-refractivity contribution in [1.82, 2.24) is 16.0 Å². The highest BCUT2D eigenvalue weighted by atomic mass is 16.5. The van der Waals surface area contributed by atoms with Gasteiger partial charge in [-0.2, -0.15) is 0 Å². The van der Waals surface area contributed by atoms with Gasteiger partial charge in [0.25, 0.3) is 0 Å². The Balaban J connectivity index is 1.72. The zero-order valence-corrected chi connectivity index (χ0v) is 24.9. The fourth-order valence-corrected chi connectivity index (χ4v) is 5.54. The predicted molar refractivity (Wildman–Crippen MR) is 164 cm³/mol. The van der Waals surface area contributed by atoms with E-state index in [9.17, 15) is 34.5 Å². The van der Waals surface area contributed by atoms with Crippen LogP contribution in [-0.2, 0) is 38.4 Å². The van der Waals surface area contributed by atoms with Crippen LogP contribution in [0.4, 0.5) is 0 Å². The molecule has 0 saturated heterocycles. The number of fused-ring (bicyclic) bond motifs is 9. The lowest BCUT2D eigenvalue weighted by Gasteiger charge is -2.28. The number of hydrogen-bond donors (Lipinski definition) is 7. The number of aliphatic carboxylic acids is 1. The molecule has 236 valence electrons. The monoisotopic (exact) mass is 616 g/mol. The van der Waals surface area contributed by atoms with Gasteiger partial charge in [-0.15, -0.1) is 0 Å². The number of hydrogen-bond acceptors (Lipinski definition) is 8. The van der Waals surface area contributed by atoms with Crippen molar-refractivity contribution < 1.29 is 39.2 Å². The highest BCUT2D eigenvalue weighted by Crippen LogP contribution is 2.44. The van der Waals surface area contributed by atoms with Gasteiger partial charge in [0.05, 0.1) is 6.04 Å². The largest absolute Gasteiger partial charge is 0.507 e. The standard InChI is InChI=1S/C33H36N4O8/c1-3-16(2)28-32(42)35-24-14-19-11-22(21-10-18(6-9-26(21)38)12-23(34)30(40)37-28)29(39)27(15-19)45-20-7-4-17(5-8-20)13-25(33(43)44)36-31(24)41/h4-11,15-16,23-25,28,38-39H,3,12-14,34H2,1-2H3,(H,35,42)(H,36,41)(H,37,40)(H,43,44)/t16-,23-,24-,25-,28-/m0/s1. The van der Waals surface area contributed by atoms with Crippen molar-refractivity contribution in [3.63, 3.8) is 0 Å². The number of amides is 3. The lowest BCUT2D eigenvalue weighted by atomic mass is 9.94. The maximum atomic E-state index is 13.7. The van der Waals surface area contributed by atoms with Crippen molar-refractivity contribution >= 4 is 23.7 Å². The second-order valence-corrected chi connectivity index (χ2v) is 11.6. The van der Waals surface area contributed by atoms with E-state index in [4.69, 9.17) is 10.5 Å². The number of aromatic hydroxyl groups is 2. The van der Waals surface area contributed by atoms with Gasteiger partial charge in [-0.05, 0) is 65.4 Å². The van der Waals surface area contributed by atoms with E-state index in [1.165, 1.54) is 12.1 Å². The molecular formula is C33H36N4O8. The number of carbonyl (C=O) groups is 4. The molecule has 3 amide bonds. The van der Waals surface area contributed by atoms with Gasteiger partial charge in [0.1, 0.15) is 29.6 Å². The molecule has 12 nitrogen and oxygen atoms in total. The second-order valence-electron chi connectivity index (χ2n) is 11.6. The number of nitrogens with one attached hydrogen (secondary N) is 3. The van der Waals surface area contributed by atoms with Gasteiger partial charge in [0, 0.05) is 24.0 Å². The van der Waals surface area contributed by atoms with Crippen LogP contribution >= 0.6 is 0 Å². The molecule has 0 unspecified atom stereocenters. The molecule has 3 aliphatic rings. The van der Waals surface area contributed by atoms with Crippen LogP contribution in [0.5, 0.6) is 23.0 Å². The molecule has 0 fully saturated rings. The van der Waals surface area contributed by atoms with Crippen molar-refractivity contribution in [2.45, 2.75) is 63.7 Å². The number of rotatable bonds is 3. The number of carbonyl (C=O) groups excluding carboxylic acids is 3. The first-order chi connectivity index (χ1) is 21.4. The van der Waals surface area contributed by atoms with Gasteiger partial charge in [0.15, 0.2) is 11.5 Å². The Morgan fingerprint density at radius 2 is 1.56 bits per heavy atom. The highest BCUT2D eigenvalue weighted by Gasteiger charge is 2.34. The van der Waals surface area contributed by atoms with Gasteiger partial charge >= 0.3 is 5.97 Å². The quantitative estimate of drug-likeness (QED) is 0.230. The van der Waals surface area contributed by atoms with Gasteiger partial charge in [-0.1, -0.05) is 38.5 Å². The normalized spacial score (nSPS) is 22.6. The number of phenolic OH excluding ortho intramolecular Hbond substituents is 2. The summed E-state index contributed by atoms with van der Waals surface area (Å²) in [5.41, 5.74) is 8.28. The van der Waals surface area contributed by atoms with Crippen LogP contribution in [0.15, 0.2) is 54.6 Å². The SMILES string of the molecule is CC[C@H](C)[C@@H]1NC(=O)[C@@H](N)Cc2ccc(O)c(c2)-c2cc3cc(c2O)Oc2ccc(cc2)C[C@@H](C(=O)O)NC(=O)[C@H](C3)NC1=O. The zero-order valence-electron chi connectivity index (χ0n) is 24.9. The minimum absolute atomic E-state index is 0.0290. The molecule has 3 aromatic carbocycles. The molecule has 3 heterocycles. The van der Waals surface area contributed by atoms with E-state index in [0.29, 0.717) is 28.9 Å². The average molecular weight is 617 g/mol. The lowest BCUT2D eigenvalue weighted by molar-refractivity contribution is -0.142. The third-order valence-corrected chi connectivity index (χ3v) is 8.35. The molecule has 5 atom stereocenters. The Morgan fingerprint density at radius 1 is 0.867 bits per heavy atom. The second kappa shape index (κ2) is 12.9. The number of nitrogens with two attached hydrogens (primary N) is 1. The summed E-state index contributed by atoms with van der Waals surface area (Å²) >= 11 is 0. The summed E-state index contributed by atoms with van der Waals surface area (Å²) in [5.74, 6) is -3.67. The van der Waals surface area contributed by atoms with E-state index >= 15 is 0 Å². The first-order valence-electron chi connectivity index (χ1n) is 14.8. The summed E-state index contributed by atoms with van der Waals surface area (Å²) in [5, 5.41) is 40.2. The van der Waals surface area contributed by atoms with Gasteiger partial charge in [0.2, 0.25) is 17.7 Å². The van der Waals surface area contributed by atoms with Crippen LogP contribution < -0.4 is 26.4 Å². The van der Waals surface area contributed by atoms with Crippen LogP contribution in [-0.4, -0.2) is 63.2 Å². The minimum atomic E-state index is -1.31. The maximum Gasteiger partial charge on any atom is 0.326 e. The van der Waals surface area contributed by atoms with E-state index in [0.717, 1.165) is 0 Å². The Bertz CT molecular complexity index is 1640. The molecule has 12 heteroatoms. The number of carboxylic acid groups (broad SMARTS) is 1. The molecule has 0 aliphatic carbocycles. The summed E-state index contributed by atoms with van der Waals surface area (Å²) in [6, 6.07) is 9.54. The van der Waals surface area contributed by atoms with Crippen LogP contribution in [0.25, 0.3) is 11.1 Å². The van der Waals surface area contributed by atoms with Gasteiger partial charge in [-0.25, -0.2) is 4.79 Å². The van der Waals surface area contributed by atoms with E-state index in [1.807, 2.05) is 6.92 Å². The third kappa shape index (κ3) is 6.86. The van der Waals surface area contributed by atoms with Crippen LogP contribution in [0.2, 0.25) is 0 Å². The van der Waals surface area contributed by atoms with E-state index in [1.54, 1.807) is 49.4 Å². The highest BCUT2D eigenvalue weighted by molar-refractivity contribution is 5.94. The molecule has 0 spiro atoms. The molecular weight excluding hydrogens is 580 g/mol. The lowest BCUT2D eigenvalue weighted by Crippen LogP contribution is -2.59. The first-order valence-corrected chi connectivity index (χ1v) is 14.8. The van der Waals surface area contributed by atoms with Gasteiger partial charge in [-0.3, -0.25) is 14.4 Å². The summed E-state index contributed by atoms with van der Waals surface area (Å²) < 4.78 is 6.06.